The van der Waals surface area contributed by atoms with Crippen molar-refractivity contribution in [3.8, 4) is 0 Å². The topological polar surface area (TPSA) is 73.9 Å². The molecule has 1 unspecified atom stereocenters. The van der Waals surface area contributed by atoms with Gasteiger partial charge in [-0.2, -0.15) is 5.10 Å². The van der Waals surface area contributed by atoms with E-state index in [9.17, 15) is 4.79 Å². The Kier molecular flexibility index (Phi) is 7.19. The highest BCUT2D eigenvalue weighted by Gasteiger charge is 2.31. The third-order valence-electron chi connectivity index (χ3n) is 6.23. The summed E-state index contributed by atoms with van der Waals surface area (Å²) in [5, 5.41) is 11.2. The first-order chi connectivity index (χ1) is 13.3. The fourth-order valence-corrected chi connectivity index (χ4v) is 4.53. The number of hydrogen-bond acceptors (Lipinski definition) is 4. The second kappa shape index (κ2) is 9.45. The van der Waals surface area contributed by atoms with Gasteiger partial charge in [-0.15, -0.1) is 24.8 Å². The lowest BCUT2D eigenvalue weighted by Gasteiger charge is -2.20. The number of carbonyl (C=O) groups is 1. The van der Waals surface area contributed by atoms with E-state index in [1.165, 1.54) is 41.8 Å². The molecule has 5 rings (SSSR count). The number of fused-ring (bicyclic) bond motifs is 1. The Labute approximate surface area is 184 Å². The zero-order valence-corrected chi connectivity index (χ0v) is 18.2. The van der Waals surface area contributed by atoms with Crippen LogP contribution in [-0.4, -0.2) is 52.2 Å². The number of hydrogen-bond donors (Lipinski definition) is 2. The minimum atomic E-state index is 0. The maximum atomic E-state index is 13.1. The minimum Gasteiger partial charge on any atom is -0.338 e. The smallest absolute Gasteiger partial charge is 0.255 e. The summed E-state index contributed by atoms with van der Waals surface area (Å²) in [5.74, 6) is 1.42. The molecule has 29 heavy (non-hydrogen) atoms. The number of amides is 1. The molecule has 6 nitrogen and oxygen atoms in total. The van der Waals surface area contributed by atoms with Gasteiger partial charge in [-0.25, -0.2) is 0 Å². The van der Waals surface area contributed by atoms with Crippen molar-refractivity contribution in [3.63, 3.8) is 0 Å². The van der Waals surface area contributed by atoms with Gasteiger partial charge in [0.25, 0.3) is 5.91 Å². The van der Waals surface area contributed by atoms with Crippen LogP contribution in [0.25, 0.3) is 0 Å². The molecule has 1 atom stereocenters. The van der Waals surface area contributed by atoms with E-state index < -0.39 is 0 Å². The number of aromatic nitrogens is 3. The number of H-pyrrole nitrogens is 1. The third-order valence-corrected chi connectivity index (χ3v) is 6.23. The van der Waals surface area contributed by atoms with Gasteiger partial charge in [-0.3, -0.25) is 14.9 Å². The maximum Gasteiger partial charge on any atom is 0.255 e. The summed E-state index contributed by atoms with van der Waals surface area (Å²) in [6, 6.07) is 2.05. The second-order valence-electron chi connectivity index (χ2n) is 8.28. The van der Waals surface area contributed by atoms with E-state index in [-0.39, 0.29) is 30.7 Å². The number of carbonyl (C=O) groups excluding carboxylic acids is 1. The average molecular weight is 438 g/mol. The van der Waals surface area contributed by atoms with Crippen LogP contribution in [0.4, 0.5) is 0 Å². The standard InChI is InChI=1S/C21H27N5O.2ClH/c27-21(17-10-15(12-23-13-17)9-14-3-6-22-11-14)26-7-4-18-19(5-8-26)24-25-20(18)16-1-2-16;;/h10,12-14,16,22H,1-9,11H2,(H,24,25);2*1H. The monoisotopic (exact) mass is 437 g/mol. The Hall–Kier alpha value is -1.63. The molecule has 2 aromatic heterocycles. The number of rotatable bonds is 4. The number of halogens is 2. The maximum absolute atomic E-state index is 13.1. The molecule has 2 aliphatic heterocycles. The van der Waals surface area contributed by atoms with Crippen molar-refractivity contribution in [1.29, 1.82) is 0 Å². The van der Waals surface area contributed by atoms with E-state index in [2.05, 4.69) is 26.6 Å². The van der Waals surface area contributed by atoms with Crippen LogP contribution in [0, 0.1) is 5.92 Å². The highest BCUT2D eigenvalue weighted by Crippen LogP contribution is 2.41. The Bertz CT molecular complexity index is 845. The first-order valence-electron chi connectivity index (χ1n) is 10.3. The summed E-state index contributed by atoms with van der Waals surface area (Å²) in [6.07, 6.45) is 10.1. The zero-order valence-electron chi connectivity index (χ0n) is 16.5. The average Bonchev–Trinajstić information content (AvgIpc) is 3.33. The van der Waals surface area contributed by atoms with Crippen molar-refractivity contribution in [1.82, 2.24) is 25.4 Å². The van der Waals surface area contributed by atoms with Gasteiger partial charge in [0.15, 0.2) is 0 Å². The summed E-state index contributed by atoms with van der Waals surface area (Å²) < 4.78 is 0. The molecular formula is C21H29Cl2N5O. The van der Waals surface area contributed by atoms with E-state index in [0.29, 0.717) is 11.8 Å². The summed E-state index contributed by atoms with van der Waals surface area (Å²) >= 11 is 0. The van der Waals surface area contributed by atoms with Gasteiger partial charge in [0, 0.05) is 43.5 Å². The van der Waals surface area contributed by atoms with Gasteiger partial charge < -0.3 is 10.2 Å². The Morgan fingerprint density at radius 3 is 2.72 bits per heavy atom. The number of nitrogens with one attached hydrogen (secondary N) is 2. The van der Waals surface area contributed by atoms with Crippen molar-refractivity contribution < 1.29 is 4.79 Å². The highest BCUT2D eigenvalue weighted by atomic mass is 35.5. The Morgan fingerprint density at radius 2 is 1.97 bits per heavy atom. The molecule has 0 spiro atoms. The van der Waals surface area contributed by atoms with E-state index in [4.69, 9.17) is 0 Å². The van der Waals surface area contributed by atoms with Gasteiger partial charge in [0.2, 0.25) is 0 Å². The minimum absolute atomic E-state index is 0. The molecule has 0 radical (unpaired) electrons. The van der Waals surface area contributed by atoms with E-state index in [1.54, 1.807) is 6.20 Å². The van der Waals surface area contributed by atoms with Gasteiger partial charge in [0.1, 0.15) is 0 Å². The number of pyridine rings is 1. The molecule has 3 aliphatic rings. The van der Waals surface area contributed by atoms with Crippen LogP contribution in [-0.2, 0) is 19.3 Å². The third kappa shape index (κ3) is 4.76. The number of nitrogens with zero attached hydrogens (tertiary/aromatic N) is 3. The molecule has 0 bridgehead atoms. The Balaban J connectivity index is 0.00000120. The van der Waals surface area contributed by atoms with E-state index in [1.807, 2.05) is 11.1 Å². The van der Waals surface area contributed by atoms with Gasteiger partial charge >= 0.3 is 0 Å². The van der Waals surface area contributed by atoms with Crippen LogP contribution in [0.2, 0.25) is 0 Å². The van der Waals surface area contributed by atoms with Crippen molar-refractivity contribution in [2.24, 2.45) is 5.92 Å². The lowest BCUT2D eigenvalue weighted by molar-refractivity contribution is 0.0762. The lowest BCUT2D eigenvalue weighted by Crippen LogP contribution is -2.33. The zero-order chi connectivity index (χ0) is 18.2. The first-order valence-corrected chi connectivity index (χ1v) is 10.3. The van der Waals surface area contributed by atoms with Crippen LogP contribution in [0.1, 0.15) is 58.1 Å². The predicted octanol–water partition coefficient (Wildman–Crippen LogP) is 2.92. The summed E-state index contributed by atoms with van der Waals surface area (Å²) in [4.78, 5) is 19.4. The number of aromatic amines is 1. The van der Waals surface area contributed by atoms with Gasteiger partial charge in [-0.1, -0.05) is 0 Å². The summed E-state index contributed by atoms with van der Waals surface area (Å²) in [5.41, 5.74) is 5.76. The van der Waals surface area contributed by atoms with E-state index in [0.717, 1.165) is 51.0 Å². The first kappa shape index (κ1) is 22.1. The molecule has 1 amide bonds. The van der Waals surface area contributed by atoms with Crippen LogP contribution >= 0.6 is 24.8 Å². The molecule has 2 N–H and O–H groups in total. The lowest BCUT2D eigenvalue weighted by atomic mass is 9.99. The summed E-state index contributed by atoms with van der Waals surface area (Å²) in [7, 11) is 0. The molecule has 2 aromatic rings. The normalized spacial score (nSPS) is 21.0. The SMILES string of the molecule is Cl.Cl.O=C(c1cncc(CC2CCNC2)c1)N1CCc2[nH]nc(C3CC3)c2CC1. The quantitative estimate of drug-likeness (QED) is 0.770. The largest absolute Gasteiger partial charge is 0.338 e. The fraction of sp³-hybridized carbons (Fsp3) is 0.571. The Morgan fingerprint density at radius 1 is 1.14 bits per heavy atom. The predicted molar refractivity (Wildman–Crippen MR) is 117 cm³/mol. The molecule has 2 fully saturated rings. The molecular weight excluding hydrogens is 409 g/mol. The molecule has 1 saturated carbocycles. The highest BCUT2D eigenvalue weighted by molar-refractivity contribution is 5.94. The molecule has 1 saturated heterocycles. The summed E-state index contributed by atoms with van der Waals surface area (Å²) in [6.45, 7) is 3.68. The van der Waals surface area contributed by atoms with Crippen molar-refractivity contribution >= 4 is 30.7 Å². The molecule has 8 heteroatoms. The van der Waals surface area contributed by atoms with Crippen LogP contribution in [0.5, 0.6) is 0 Å². The molecule has 4 heterocycles. The van der Waals surface area contributed by atoms with E-state index >= 15 is 0 Å². The van der Waals surface area contributed by atoms with Crippen LogP contribution in [0.3, 0.4) is 0 Å². The van der Waals surface area contributed by atoms with Crippen LogP contribution in [0.15, 0.2) is 18.5 Å². The van der Waals surface area contributed by atoms with Crippen LogP contribution < -0.4 is 5.32 Å². The molecule has 0 aromatic carbocycles. The van der Waals surface area contributed by atoms with Gasteiger partial charge in [0.05, 0.1) is 11.3 Å². The van der Waals surface area contributed by atoms with Gasteiger partial charge in [-0.05, 0) is 68.3 Å². The van der Waals surface area contributed by atoms with Crippen molar-refractivity contribution in [2.75, 3.05) is 26.2 Å². The fourth-order valence-electron chi connectivity index (χ4n) is 4.53. The molecule has 158 valence electrons. The second-order valence-corrected chi connectivity index (χ2v) is 8.28. The van der Waals surface area contributed by atoms with Crippen molar-refractivity contribution in [2.45, 2.75) is 44.4 Å². The van der Waals surface area contributed by atoms with Crippen molar-refractivity contribution in [3.05, 3.63) is 46.5 Å². The molecule has 1 aliphatic carbocycles.